The molecule has 1 saturated heterocycles. The predicted octanol–water partition coefficient (Wildman–Crippen LogP) is 1.98. The number of nitrogens with zero attached hydrogens (tertiary/aromatic N) is 3. The van der Waals surface area contributed by atoms with Gasteiger partial charge in [-0.1, -0.05) is 6.92 Å². The summed E-state index contributed by atoms with van der Waals surface area (Å²) >= 11 is 0. The molecule has 162 valence electrons. The molecular weight excluding hydrogens is 404 g/mol. The first-order valence-corrected chi connectivity index (χ1v) is 10.1. The van der Waals surface area contributed by atoms with Gasteiger partial charge in [0.05, 0.1) is 16.4 Å². The number of carbonyl (C=O) groups excluding carboxylic acids is 2. The van der Waals surface area contributed by atoms with Crippen LogP contribution in [-0.2, 0) is 9.59 Å². The van der Waals surface area contributed by atoms with E-state index in [9.17, 15) is 24.5 Å². The lowest BCUT2D eigenvalue weighted by Gasteiger charge is -2.31. The van der Waals surface area contributed by atoms with Crippen LogP contribution in [0.4, 0.5) is 23.1 Å². The topological polar surface area (TPSA) is 150 Å². The number of rotatable bonds is 4. The number of hydrogen-bond donors (Lipinski definition) is 3. The van der Waals surface area contributed by atoms with Gasteiger partial charge in [-0.15, -0.1) is 0 Å². The maximum Gasteiger partial charge on any atom is 0.269 e. The standard InChI is InChI=1S/C20H22N6O5/c1-11-6-8-25(9-7-11)20-23-17-16(19(29)24-20)14(10-15(27)22-17)18(28)21-12-2-4-13(5-3-12)26(30)31/h2-5,11,14H,6-10H2,1H3,(H,21,28)(H2,22,23,24,27,29). The van der Waals surface area contributed by atoms with Crippen LogP contribution in [-0.4, -0.2) is 39.8 Å². The van der Waals surface area contributed by atoms with E-state index in [1.165, 1.54) is 24.3 Å². The Morgan fingerprint density at radius 1 is 1.23 bits per heavy atom. The van der Waals surface area contributed by atoms with Gasteiger partial charge in [-0.05, 0) is 30.9 Å². The summed E-state index contributed by atoms with van der Waals surface area (Å²) in [5.41, 5.74) is -0.150. The van der Waals surface area contributed by atoms with Gasteiger partial charge < -0.3 is 15.5 Å². The Morgan fingerprint density at radius 2 is 1.90 bits per heavy atom. The van der Waals surface area contributed by atoms with E-state index in [2.05, 4.69) is 27.5 Å². The van der Waals surface area contributed by atoms with Crippen LogP contribution in [0.1, 0.15) is 37.7 Å². The molecule has 0 aliphatic carbocycles. The zero-order chi connectivity index (χ0) is 22.1. The van der Waals surface area contributed by atoms with Crippen LogP contribution >= 0.6 is 0 Å². The predicted molar refractivity (Wildman–Crippen MR) is 113 cm³/mol. The van der Waals surface area contributed by atoms with E-state index in [1.54, 1.807) is 0 Å². The van der Waals surface area contributed by atoms with Crippen molar-refractivity contribution in [3.05, 3.63) is 50.3 Å². The summed E-state index contributed by atoms with van der Waals surface area (Å²) in [4.78, 5) is 57.3. The molecule has 1 unspecified atom stereocenters. The van der Waals surface area contributed by atoms with Gasteiger partial charge >= 0.3 is 0 Å². The van der Waals surface area contributed by atoms with E-state index in [4.69, 9.17) is 0 Å². The second-order valence-corrected chi connectivity index (χ2v) is 7.92. The van der Waals surface area contributed by atoms with Crippen molar-refractivity contribution in [3.8, 4) is 0 Å². The van der Waals surface area contributed by atoms with Crippen LogP contribution in [0.25, 0.3) is 0 Å². The van der Waals surface area contributed by atoms with Gasteiger partial charge in [0.1, 0.15) is 5.82 Å². The molecule has 3 heterocycles. The minimum atomic E-state index is -1.02. The molecule has 0 radical (unpaired) electrons. The molecule has 1 aromatic carbocycles. The molecule has 31 heavy (non-hydrogen) atoms. The highest BCUT2D eigenvalue weighted by atomic mass is 16.6. The number of anilines is 3. The molecule has 11 nitrogen and oxygen atoms in total. The van der Waals surface area contributed by atoms with Crippen molar-refractivity contribution in [2.75, 3.05) is 28.6 Å². The number of hydrogen-bond acceptors (Lipinski definition) is 7. The Kier molecular flexibility index (Phi) is 5.40. The zero-order valence-electron chi connectivity index (χ0n) is 16.9. The van der Waals surface area contributed by atoms with E-state index in [-0.39, 0.29) is 23.5 Å². The summed E-state index contributed by atoms with van der Waals surface area (Å²) in [6.45, 7) is 3.68. The number of carbonyl (C=O) groups is 2. The summed E-state index contributed by atoms with van der Waals surface area (Å²) in [5.74, 6) is -0.910. The maximum atomic E-state index is 12.9. The van der Waals surface area contributed by atoms with Crippen LogP contribution in [0, 0.1) is 16.0 Å². The van der Waals surface area contributed by atoms with Crippen LogP contribution in [0.2, 0.25) is 0 Å². The monoisotopic (exact) mass is 426 g/mol. The van der Waals surface area contributed by atoms with Crippen LogP contribution in [0.15, 0.2) is 29.1 Å². The van der Waals surface area contributed by atoms with Crippen molar-refractivity contribution in [3.63, 3.8) is 0 Å². The third-order valence-electron chi connectivity index (χ3n) is 5.68. The number of fused-ring (bicyclic) bond motifs is 1. The first-order valence-electron chi connectivity index (χ1n) is 10.1. The second kappa shape index (κ2) is 8.17. The number of H-pyrrole nitrogens is 1. The minimum absolute atomic E-state index is 0.0949. The third kappa shape index (κ3) is 4.25. The first-order chi connectivity index (χ1) is 14.8. The highest BCUT2D eigenvalue weighted by molar-refractivity contribution is 6.04. The molecule has 0 bridgehead atoms. The molecule has 2 aliphatic heterocycles. The maximum absolute atomic E-state index is 12.9. The number of benzene rings is 1. The molecule has 3 N–H and O–H groups in total. The average molecular weight is 426 g/mol. The van der Waals surface area contributed by atoms with Crippen molar-refractivity contribution in [2.45, 2.75) is 32.1 Å². The first kappa shape index (κ1) is 20.5. The largest absolute Gasteiger partial charge is 0.342 e. The Labute approximate surface area is 177 Å². The molecule has 2 aliphatic rings. The van der Waals surface area contributed by atoms with Crippen LogP contribution < -0.4 is 21.1 Å². The molecule has 2 amide bonds. The molecule has 0 spiro atoms. The fourth-order valence-corrected chi connectivity index (χ4v) is 3.85. The van der Waals surface area contributed by atoms with Crippen molar-refractivity contribution in [2.24, 2.45) is 5.92 Å². The van der Waals surface area contributed by atoms with E-state index in [0.29, 0.717) is 17.6 Å². The summed E-state index contributed by atoms with van der Waals surface area (Å²) in [6.07, 6.45) is 1.76. The third-order valence-corrected chi connectivity index (χ3v) is 5.68. The van der Waals surface area contributed by atoms with Crippen molar-refractivity contribution in [1.29, 1.82) is 0 Å². The van der Waals surface area contributed by atoms with Crippen LogP contribution in [0.3, 0.4) is 0 Å². The van der Waals surface area contributed by atoms with Gasteiger partial charge in [0.2, 0.25) is 17.8 Å². The molecule has 1 aromatic heterocycles. The SMILES string of the molecule is CC1CCN(c2nc3c(c(=O)[nH]2)C(C(=O)Nc2ccc([N+](=O)[O-])cc2)CC(=O)N3)CC1. The quantitative estimate of drug-likeness (QED) is 0.499. The number of amides is 2. The number of nitrogens with one attached hydrogen (secondary N) is 3. The zero-order valence-corrected chi connectivity index (χ0v) is 16.9. The Hall–Kier alpha value is -3.76. The Balaban J connectivity index is 1.59. The number of aromatic nitrogens is 2. The lowest BCUT2D eigenvalue weighted by atomic mass is 9.92. The fraction of sp³-hybridized carbons (Fsp3) is 0.400. The van der Waals surface area contributed by atoms with E-state index < -0.39 is 28.2 Å². The highest BCUT2D eigenvalue weighted by Gasteiger charge is 2.35. The smallest absolute Gasteiger partial charge is 0.269 e. The lowest BCUT2D eigenvalue weighted by Crippen LogP contribution is -2.39. The second-order valence-electron chi connectivity index (χ2n) is 7.92. The fourth-order valence-electron chi connectivity index (χ4n) is 3.85. The summed E-state index contributed by atoms with van der Waals surface area (Å²) < 4.78 is 0. The van der Waals surface area contributed by atoms with Crippen molar-refractivity contribution >= 4 is 35.0 Å². The Bertz CT molecular complexity index is 1090. The molecule has 4 rings (SSSR count). The summed E-state index contributed by atoms with van der Waals surface area (Å²) in [6, 6.07) is 5.31. The van der Waals surface area contributed by atoms with Gasteiger partial charge in [-0.25, -0.2) is 0 Å². The molecule has 0 saturated carbocycles. The lowest BCUT2D eigenvalue weighted by molar-refractivity contribution is -0.384. The molecular formula is C20H22N6O5. The highest BCUT2D eigenvalue weighted by Crippen LogP contribution is 2.31. The normalized spacial score (nSPS) is 18.8. The molecule has 2 aromatic rings. The number of non-ortho nitro benzene ring substituents is 1. The summed E-state index contributed by atoms with van der Waals surface area (Å²) in [7, 11) is 0. The number of nitro benzene ring substituents is 1. The van der Waals surface area contributed by atoms with Gasteiger partial charge in [0, 0.05) is 37.3 Å². The minimum Gasteiger partial charge on any atom is -0.342 e. The van der Waals surface area contributed by atoms with Crippen molar-refractivity contribution < 1.29 is 14.5 Å². The molecule has 1 fully saturated rings. The average Bonchev–Trinajstić information content (AvgIpc) is 2.73. The molecule has 11 heteroatoms. The molecule has 1 atom stereocenters. The number of nitro groups is 1. The van der Waals surface area contributed by atoms with Crippen LogP contribution in [0.5, 0.6) is 0 Å². The van der Waals surface area contributed by atoms with Gasteiger partial charge in [-0.2, -0.15) is 4.98 Å². The van der Waals surface area contributed by atoms with E-state index in [0.717, 1.165) is 25.9 Å². The van der Waals surface area contributed by atoms with Gasteiger partial charge in [0.25, 0.3) is 11.2 Å². The number of aromatic amines is 1. The van der Waals surface area contributed by atoms with E-state index in [1.807, 2.05) is 4.90 Å². The van der Waals surface area contributed by atoms with Gasteiger partial charge in [0.15, 0.2) is 0 Å². The summed E-state index contributed by atoms with van der Waals surface area (Å²) in [5, 5.41) is 16.0. The van der Waals surface area contributed by atoms with Gasteiger partial charge in [-0.3, -0.25) is 29.5 Å². The number of piperidine rings is 1. The van der Waals surface area contributed by atoms with E-state index >= 15 is 0 Å². The van der Waals surface area contributed by atoms with Crippen molar-refractivity contribution in [1.82, 2.24) is 9.97 Å². The Morgan fingerprint density at radius 3 is 2.55 bits per heavy atom.